The molecule has 18 heavy (non-hydrogen) atoms. The molecule has 0 unspecified atom stereocenters. The van der Waals surface area contributed by atoms with E-state index >= 15 is 0 Å². The fourth-order valence-electron chi connectivity index (χ4n) is 1.62. The van der Waals surface area contributed by atoms with Crippen LogP contribution in [0, 0.1) is 4.91 Å². The van der Waals surface area contributed by atoms with E-state index in [0.717, 1.165) is 31.0 Å². The highest BCUT2D eigenvalue weighted by Crippen LogP contribution is 2.24. The normalized spacial score (nSPS) is 14.4. The Hall–Kier alpha value is -1.07. The summed E-state index contributed by atoms with van der Waals surface area (Å²) in [6.07, 6.45) is 7.68. The van der Waals surface area contributed by atoms with Crippen LogP contribution in [0.25, 0.3) is 0 Å². The van der Waals surface area contributed by atoms with Crippen LogP contribution in [-0.2, 0) is 0 Å². The molecular formula is C13H21N3OS. The molecule has 1 rings (SSSR count). The van der Waals surface area contributed by atoms with Gasteiger partial charge in [-0.2, -0.15) is 0 Å². The number of allylic oxidation sites excluding steroid dienone is 3. The third-order valence-electron chi connectivity index (χ3n) is 2.85. The minimum Gasteiger partial charge on any atom is -0.357 e. The van der Waals surface area contributed by atoms with Crippen LogP contribution in [0.15, 0.2) is 40.3 Å². The summed E-state index contributed by atoms with van der Waals surface area (Å²) in [5, 5.41) is 3.71. The zero-order valence-electron chi connectivity index (χ0n) is 11.3. The second kappa shape index (κ2) is 8.11. The lowest BCUT2D eigenvalue weighted by Gasteiger charge is -2.17. The van der Waals surface area contributed by atoms with Crippen LogP contribution in [-0.4, -0.2) is 42.2 Å². The number of hydrogen-bond acceptors (Lipinski definition) is 5. The zero-order valence-corrected chi connectivity index (χ0v) is 12.1. The van der Waals surface area contributed by atoms with Gasteiger partial charge in [0.2, 0.25) is 0 Å². The standard InChI is InChI=1S/C13H21N3OS/c1-4-16(5-2)10-11-18-13(14-17)12-6-8-15(3)9-7-12/h6-9H,4-5,10-11H2,1-3H3. The van der Waals surface area contributed by atoms with Crippen molar-refractivity contribution < 1.29 is 0 Å². The summed E-state index contributed by atoms with van der Waals surface area (Å²) in [6.45, 7) is 7.36. The molecule has 0 saturated carbocycles. The summed E-state index contributed by atoms with van der Waals surface area (Å²) in [6, 6.07) is 0. The lowest BCUT2D eigenvalue weighted by molar-refractivity contribution is 0.324. The monoisotopic (exact) mass is 267 g/mol. The van der Waals surface area contributed by atoms with E-state index in [4.69, 9.17) is 0 Å². The minimum atomic E-state index is 0.572. The van der Waals surface area contributed by atoms with Crippen molar-refractivity contribution in [2.75, 3.05) is 32.4 Å². The molecule has 0 atom stereocenters. The molecule has 0 radical (unpaired) electrons. The number of nitroso groups, excluding NO2 is 1. The molecule has 1 heterocycles. The fraction of sp³-hybridized carbons (Fsp3) is 0.538. The predicted molar refractivity (Wildman–Crippen MR) is 79.1 cm³/mol. The van der Waals surface area contributed by atoms with Crippen molar-refractivity contribution >= 4 is 11.8 Å². The molecule has 0 N–H and O–H groups in total. The van der Waals surface area contributed by atoms with Crippen molar-refractivity contribution in [2.24, 2.45) is 5.18 Å². The first-order chi connectivity index (χ1) is 8.71. The van der Waals surface area contributed by atoms with Gasteiger partial charge in [0.1, 0.15) is 5.03 Å². The molecule has 4 nitrogen and oxygen atoms in total. The molecule has 0 fully saturated rings. The molecule has 1 aliphatic heterocycles. The van der Waals surface area contributed by atoms with E-state index in [1.807, 2.05) is 36.5 Å². The summed E-state index contributed by atoms with van der Waals surface area (Å²) in [5.41, 5.74) is 0.896. The van der Waals surface area contributed by atoms with Gasteiger partial charge in [-0.15, -0.1) is 16.7 Å². The molecule has 1 aliphatic rings. The topological polar surface area (TPSA) is 35.9 Å². The second-order valence-electron chi connectivity index (χ2n) is 4.02. The lowest BCUT2D eigenvalue weighted by Crippen LogP contribution is -2.25. The molecule has 0 amide bonds. The summed E-state index contributed by atoms with van der Waals surface area (Å²) in [7, 11) is 1.95. The van der Waals surface area contributed by atoms with E-state index < -0.39 is 0 Å². The van der Waals surface area contributed by atoms with Crippen molar-refractivity contribution in [2.45, 2.75) is 13.8 Å². The van der Waals surface area contributed by atoms with Gasteiger partial charge in [-0.3, -0.25) is 0 Å². The second-order valence-corrected chi connectivity index (χ2v) is 5.11. The molecule has 0 aromatic carbocycles. The van der Waals surface area contributed by atoms with Crippen molar-refractivity contribution in [1.29, 1.82) is 0 Å². The van der Waals surface area contributed by atoms with Crippen LogP contribution < -0.4 is 0 Å². The van der Waals surface area contributed by atoms with Crippen molar-refractivity contribution in [3.8, 4) is 0 Å². The van der Waals surface area contributed by atoms with Crippen molar-refractivity contribution in [3.05, 3.63) is 40.1 Å². The largest absolute Gasteiger partial charge is 0.357 e. The van der Waals surface area contributed by atoms with Crippen molar-refractivity contribution in [1.82, 2.24) is 9.80 Å². The van der Waals surface area contributed by atoms with Gasteiger partial charge >= 0.3 is 0 Å². The van der Waals surface area contributed by atoms with Crippen LogP contribution in [0.2, 0.25) is 0 Å². The SMILES string of the molecule is CCN(CC)CCSC(N=O)=C1C=CN(C)C=C1. The Kier molecular flexibility index (Phi) is 6.75. The molecule has 0 saturated heterocycles. The number of rotatable bonds is 7. The Morgan fingerprint density at radius 1 is 1.33 bits per heavy atom. The lowest BCUT2D eigenvalue weighted by atomic mass is 10.2. The Balaban J connectivity index is 2.53. The first-order valence-electron chi connectivity index (χ1n) is 6.22. The van der Waals surface area contributed by atoms with Gasteiger partial charge in [0.15, 0.2) is 0 Å². The summed E-state index contributed by atoms with van der Waals surface area (Å²) in [5.74, 6) is 0.893. The number of nitrogens with zero attached hydrogens (tertiary/aromatic N) is 3. The highest BCUT2D eigenvalue weighted by molar-refractivity contribution is 8.03. The molecule has 100 valence electrons. The first kappa shape index (κ1) is 15.0. The van der Waals surface area contributed by atoms with E-state index in [1.54, 1.807) is 0 Å². The average molecular weight is 267 g/mol. The van der Waals surface area contributed by atoms with Crippen LogP contribution >= 0.6 is 11.8 Å². The van der Waals surface area contributed by atoms with Gasteiger partial charge < -0.3 is 9.80 Å². The van der Waals surface area contributed by atoms with Gasteiger partial charge in [0.25, 0.3) is 0 Å². The van der Waals surface area contributed by atoms with Crippen LogP contribution in [0.4, 0.5) is 0 Å². The Morgan fingerprint density at radius 3 is 2.44 bits per heavy atom. The molecule has 0 spiro atoms. The number of hydrogen-bond donors (Lipinski definition) is 0. The Bertz CT molecular complexity index is 343. The quantitative estimate of drug-likeness (QED) is 0.664. The molecular weight excluding hydrogens is 246 g/mol. The first-order valence-corrected chi connectivity index (χ1v) is 7.21. The van der Waals surface area contributed by atoms with Crippen molar-refractivity contribution in [3.63, 3.8) is 0 Å². The van der Waals surface area contributed by atoms with E-state index in [-0.39, 0.29) is 0 Å². The maximum atomic E-state index is 10.9. The maximum Gasteiger partial charge on any atom is 0.148 e. The molecule has 0 aromatic heterocycles. The molecule has 0 bridgehead atoms. The average Bonchev–Trinajstić information content (AvgIpc) is 2.41. The molecule has 5 heteroatoms. The predicted octanol–water partition coefficient (Wildman–Crippen LogP) is 3.01. The van der Waals surface area contributed by atoms with Crippen LogP contribution in [0.5, 0.6) is 0 Å². The van der Waals surface area contributed by atoms with Crippen LogP contribution in [0.1, 0.15) is 13.8 Å². The highest BCUT2D eigenvalue weighted by atomic mass is 32.2. The smallest absolute Gasteiger partial charge is 0.148 e. The maximum absolute atomic E-state index is 10.9. The van der Waals surface area contributed by atoms with Gasteiger partial charge in [-0.1, -0.05) is 13.8 Å². The molecule has 0 aliphatic carbocycles. The van der Waals surface area contributed by atoms with E-state index in [0.29, 0.717) is 5.03 Å². The number of thioether (sulfide) groups is 1. The minimum absolute atomic E-state index is 0.572. The molecule has 0 aromatic rings. The highest BCUT2D eigenvalue weighted by Gasteiger charge is 2.07. The third kappa shape index (κ3) is 4.66. The van der Waals surface area contributed by atoms with Gasteiger partial charge in [-0.25, -0.2) is 0 Å². The Morgan fingerprint density at radius 2 is 1.94 bits per heavy atom. The van der Waals surface area contributed by atoms with E-state index in [9.17, 15) is 4.91 Å². The van der Waals surface area contributed by atoms with Gasteiger partial charge in [-0.05, 0) is 30.4 Å². The Labute approximate surface area is 113 Å². The third-order valence-corrected chi connectivity index (χ3v) is 3.82. The zero-order chi connectivity index (χ0) is 13.4. The fourth-order valence-corrected chi connectivity index (χ4v) is 2.52. The summed E-state index contributed by atoms with van der Waals surface area (Å²) in [4.78, 5) is 15.1. The summed E-state index contributed by atoms with van der Waals surface area (Å²) < 4.78 is 0. The van der Waals surface area contributed by atoms with Gasteiger partial charge in [0.05, 0.1) is 0 Å². The summed E-state index contributed by atoms with van der Waals surface area (Å²) >= 11 is 1.53. The van der Waals surface area contributed by atoms with E-state index in [1.165, 1.54) is 11.8 Å². The van der Waals surface area contributed by atoms with Gasteiger partial charge in [0, 0.05) is 37.3 Å². The van der Waals surface area contributed by atoms with E-state index in [2.05, 4.69) is 23.9 Å². The van der Waals surface area contributed by atoms with Crippen LogP contribution in [0.3, 0.4) is 0 Å².